The number of aliphatic hydroxyl groups excluding tert-OH is 1. The van der Waals surface area contributed by atoms with Crippen molar-refractivity contribution in [2.45, 2.75) is 12.5 Å². The van der Waals surface area contributed by atoms with E-state index in [1.807, 2.05) is 0 Å². The lowest BCUT2D eigenvalue weighted by molar-refractivity contribution is 0.275. The second kappa shape index (κ2) is 4.93. The summed E-state index contributed by atoms with van der Waals surface area (Å²) in [6.07, 6.45) is 0.337. The second-order valence-electron chi connectivity index (χ2n) is 3.01. The van der Waals surface area contributed by atoms with E-state index in [2.05, 4.69) is 0 Å². The zero-order valence-corrected chi connectivity index (χ0v) is 8.03. The van der Waals surface area contributed by atoms with Crippen molar-refractivity contribution in [3.8, 4) is 5.75 Å². The Kier molecular flexibility index (Phi) is 3.85. The van der Waals surface area contributed by atoms with Crippen molar-refractivity contribution in [1.82, 2.24) is 0 Å². The van der Waals surface area contributed by atoms with E-state index in [1.54, 1.807) is 6.07 Å². The third-order valence-electron chi connectivity index (χ3n) is 2.04. The molecule has 0 aliphatic carbocycles. The zero-order valence-electron chi connectivity index (χ0n) is 8.03. The van der Waals surface area contributed by atoms with E-state index in [0.29, 0.717) is 17.7 Å². The molecule has 0 aliphatic heterocycles. The summed E-state index contributed by atoms with van der Waals surface area (Å²) >= 11 is 0. The molecule has 78 valence electrons. The average Bonchev–Trinajstić information content (AvgIpc) is 2.19. The predicted molar refractivity (Wildman–Crippen MR) is 51.6 cm³/mol. The SMILES string of the molecule is COc1ccc(F)c([C@@H](N)CCO)c1. The van der Waals surface area contributed by atoms with Gasteiger partial charge in [0.2, 0.25) is 0 Å². The van der Waals surface area contributed by atoms with E-state index in [4.69, 9.17) is 15.6 Å². The summed E-state index contributed by atoms with van der Waals surface area (Å²) in [7, 11) is 1.51. The van der Waals surface area contributed by atoms with Gasteiger partial charge < -0.3 is 15.6 Å². The molecule has 0 bridgehead atoms. The highest BCUT2D eigenvalue weighted by atomic mass is 19.1. The molecule has 3 nitrogen and oxygen atoms in total. The highest BCUT2D eigenvalue weighted by Crippen LogP contribution is 2.22. The summed E-state index contributed by atoms with van der Waals surface area (Å²) < 4.78 is 18.2. The van der Waals surface area contributed by atoms with Crippen LogP contribution >= 0.6 is 0 Å². The molecule has 0 radical (unpaired) electrons. The number of nitrogens with two attached hydrogens (primary N) is 1. The van der Waals surface area contributed by atoms with Gasteiger partial charge in [-0.05, 0) is 24.6 Å². The van der Waals surface area contributed by atoms with Gasteiger partial charge in [-0.15, -0.1) is 0 Å². The van der Waals surface area contributed by atoms with E-state index in [-0.39, 0.29) is 12.4 Å². The van der Waals surface area contributed by atoms with Gasteiger partial charge in [0.25, 0.3) is 0 Å². The molecule has 1 rings (SSSR count). The Labute approximate surface area is 82.3 Å². The number of hydrogen-bond donors (Lipinski definition) is 2. The molecule has 14 heavy (non-hydrogen) atoms. The van der Waals surface area contributed by atoms with Crippen LogP contribution in [0.5, 0.6) is 5.75 Å². The van der Waals surface area contributed by atoms with Gasteiger partial charge >= 0.3 is 0 Å². The van der Waals surface area contributed by atoms with Crippen LogP contribution in [0.1, 0.15) is 18.0 Å². The van der Waals surface area contributed by atoms with E-state index in [0.717, 1.165) is 0 Å². The van der Waals surface area contributed by atoms with Crippen LogP contribution in [0.2, 0.25) is 0 Å². The molecule has 0 heterocycles. The van der Waals surface area contributed by atoms with E-state index < -0.39 is 6.04 Å². The topological polar surface area (TPSA) is 55.5 Å². The lowest BCUT2D eigenvalue weighted by atomic mass is 10.0. The van der Waals surface area contributed by atoms with Gasteiger partial charge in [0.05, 0.1) is 7.11 Å². The monoisotopic (exact) mass is 199 g/mol. The first-order chi connectivity index (χ1) is 6.69. The third-order valence-corrected chi connectivity index (χ3v) is 2.04. The second-order valence-corrected chi connectivity index (χ2v) is 3.01. The summed E-state index contributed by atoms with van der Waals surface area (Å²) in [6, 6.07) is 3.90. The van der Waals surface area contributed by atoms with Gasteiger partial charge in [-0.3, -0.25) is 0 Å². The molecule has 1 aromatic rings. The highest BCUT2D eigenvalue weighted by Gasteiger charge is 2.11. The van der Waals surface area contributed by atoms with Gasteiger partial charge in [0, 0.05) is 18.2 Å². The lowest BCUT2D eigenvalue weighted by Crippen LogP contribution is -2.13. The number of methoxy groups -OCH3 is 1. The van der Waals surface area contributed by atoms with Gasteiger partial charge in [0.1, 0.15) is 11.6 Å². The Morgan fingerprint density at radius 2 is 2.29 bits per heavy atom. The summed E-state index contributed by atoms with van der Waals surface area (Å²) in [5.74, 6) is 0.196. The average molecular weight is 199 g/mol. The first kappa shape index (κ1) is 10.9. The molecular weight excluding hydrogens is 185 g/mol. The lowest BCUT2D eigenvalue weighted by Gasteiger charge is -2.12. The number of rotatable bonds is 4. The molecular formula is C10H14FNO2. The largest absolute Gasteiger partial charge is 0.497 e. The Balaban J connectivity index is 2.93. The minimum atomic E-state index is -0.491. The summed E-state index contributed by atoms with van der Waals surface area (Å²) in [5.41, 5.74) is 6.05. The molecule has 0 aromatic heterocycles. The molecule has 0 unspecified atom stereocenters. The smallest absolute Gasteiger partial charge is 0.128 e. The van der Waals surface area contributed by atoms with Crippen LogP contribution < -0.4 is 10.5 Å². The van der Waals surface area contributed by atoms with Crippen LogP contribution in [0.3, 0.4) is 0 Å². The van der Waals surface area contributed by atoms with Crippen LogP contribution in [0.25, 0.3) is 0 Å². The summed E-state index contributed by atoms with van der Waals surface area (Å²) in [5, 5.41) is 8.68. The number of ether oxygens (including phenoxy) is 1. The van der Waals surface area contributed by atoms with Crippen molar-refractivity contribution in [3.05, 3.63) is 29.6 Å². The predicted octanol–water partition coefficient (Wildman–Crippen LogP) is 1.22. The van der Waals surface area contributed by atoms with Gasteiger partial charge in [-0.1, -0.05) is 0 Å². The molecule has 0 amide bonds. The first-order valence-electron chi connectivity index (χ1n) is 4.39. The molecule has 0 aliphatic rings. The summed E-state index contributed by atoms with van der Waals surface area (Å²) in [4.78, 5) is 0. The Morgan fingerprint density at radius 1 is 1.57 bits per heavy atom. The fourth-order valence-electron chi connectivity index (χ4n) is 1.23. The highest BCUT2D eigenvalue weighted by molar-refractivity contribution is 5.31. The standard InChI is InChI=1S/C10H14FNO2/c1-14-7-2-3-9(11)8(6-7)10(12)4-5-13/h2-3,6,10,13H,4-5,12H2,1H3/t10-/m0/s1. The molecule has 4 heteroatoms. The molecule has 0 saturated carbocycles. The Morgan fingerprint density at radius 3 is 2.86 bits per heavy atom. The zero-order chi connectivity index (χ0) is 10.6. The van der Waals surface area contributed by atoms with Crippen molar-refractivity contribution in [2.24, 2.45) is 5.73 Å². The van der Waals surface area contributed by atoms with Crippen LogP contribution in [-0.2, 0) is 0 Å². The minimum absolute atomic E-state index is 0.0577. The first-order valence-corrected chi connectivity index (χ1v) is 4.39. The van der Waals surface area contributed by atoms with Crippen molar-refractivity contribution in [3.63, 3.8) is 0 Å². The fraction of sp³-hybridized carbons (Fsp3) is 0.400. The number of benzene rings is 1. The van der Waals surface area contributed by atoms with E-state index in [1.165, 1.54) is 19.2 Å². The number of hydrogen-bond acceptors (Lipinski definition) is 3. The van der Waals surface area contributed by atoms with Crippen molar-refractivity contribution in [2.75, 3.05) is 13.7 Å². The number of halogens is 1. The Bertz CT molecular complexity index is 304. The Hall–Kier alpha value is -1.13. The molecule has 1 aromatic carbocycles. The van der Waals surface area contributed by atoms with Crippen molar-refractivity contribution >= 4 is 0 Å². The maximum absolute atomic E-state index is 13.3. The minimum Gasteiger partial charge on any atom is -0.497 e. The normalized spacial score (nSPS) is 12.6. The maximum Gasteiger partial charge on any atom is 0.128 e. The molecule has 1 atom stereocenters. The number of aliphatic hydroxyl groups is 1. The van der Waals surface area contributed by atoms with Crippen LogP contribution in [0.15, 0.2) is 18.2 Å². The van der Waals surface area contributed by atoms with Crippen LogP contribution in [-0.4, -0.2) is 18.8 Å². The van der Waals surface area contributed by atoms with E-state index >= 15 is 0 Å². The molecule has 3 N–H and O–H groups in total. The summed E-state index contributed by atoms with van der Waals surface area (Å²) in [6.45, 7) is -0.0577. The third kappa shape index (κ3) is 2.43. The van der Waals surface area contributed by atoms with Crippen LogP contribution in [0.4, 0.5) is 4.39 Å². The molecule has 0 fully saturated rings. The van der Waals surface area contributed by atoms with Gasteiger partial charge in [0.15, 0.2) is 0 Å². The fourth-order valence-corrected chi connectivity index (χ4v) is 1.23. The van der Waals surface area contributed by atoms with Gasteiger partial charge in [-0.2, -0.15) is 0 Å². The molecule has 0 spiro atoms. The molecule has 0 saturated heterocycles. The van der Waals surface area contributed by atoms with E-state index in [9.17, 15) is 4.39 Å². The van der Waals surface area contributed by atoms with Gasteiger partial charge in [-0.25, -0.2) is 4.39 Å². The quantitative estimate of drug-likeness (QED) is 0.766. The maximum atomic E-state index is 13.3. The van der Waals surface area contributed by atoms with Crippen LogP contribution in [0, 0.1) is 5.82 Å². The van der Waals surface area contributed by atoms with Crippen molar-refractivity contribution in [1.29, 1.82) is 0 Å². The van der Waals surface area contributed by atoms with Crippen molar-refractivity contribution < 1.29 is 14.2 Å².